The lowest BCUT2D eigenvalue weighted by Crippen LogP contribution is -2.34. The van der Waals surface area contributed by atoms with Gasteiger partial charge in [-0.3, -0.25) is 0 Å². The van der Waals surface area contributed by atoms with Crippen LogP contribution >= 0.6 is 0 Å². The van der Waals surface area contributed by atoms with E-state index in [4.69, 9.17) is 0 Å². The molecule has 1 aromatic rings. The van der Waals surface area contributed by atoms with E-state index in [2.05, 4.69) is 43.8 Å². The van der Waals surface area contributed by atoms with Crippen molar-refractivity contribution >= 4 is 0 Å². The first-order valence-corrected chi connectivity index (χ1v) is 16.3. The minimum Gasteiger partial charge on any atom is -0.205 e. The smallest absolute Gasteiger partial charge is 0.171 e. The molecular weight excluding hydrogens is 422 g/mol. The van der Waals surface area contributed by atoms with Crippen molar-refractivity contribution in [2.24, 2.45) is 0 Å². The van der Waals surface area contributed by atoms with Gasteiger partial charge in [-0.05, 0) is 38.2 Å². The van der Waals surface area contributed by atoms with Crippen LogP contribution in [-0.2, 0) is 19.4 Å². The molecule has 0 aliphatic carbocycles. The Hall–Kier alpha value is -0.850. The molecule has 1 rings (SSSR count). The van der Waals surface area contributed by atoms with Gasteiger partial charge in [-0.15, -0.1) is 0 Å². The van der Waals surface area contributed by atoms with Crippen molar-refractivity contribution in [3.63, 3.8) is 0 Å². The largest absolute Gasteiger partial charge is 0.205 e. The SMILES string of the molecule is CCCCCCCCCCc1cc(CCCCCCCCCC)c[n+](CCCCCCCCC)c1. The third kappa shape index (κ3) is 20.0. The molecule has 0 bridgehead atoms. The summed E-state index contributed by atoms with van der Waals surface area (Å²) in [6.45, 7) is 8.14. The van der Waals surface area contributed by atoms with Crippen molar-refractivity contribution in [3.05, 3.63) is 29.6 Å². The second-order valence-electron chi connectivity index (χ2n) is 11.4. The third-order valence-corrected chi connectivity index (χ3v) is 7.69. The van der Waals surface area contributed by atoms with E-state index in [0.717, 1.165) is 0 Å². The Kier molecular flexibility index (Phi) is 22.8. The van der Waals surface area contributed by atoms with Crippen LogP contribution in [0, 0.1) is 0 Å². The van der Waals surface area contributed by atoms with Crippen molar-refractivity contribution in [1.82, 2.24) is 0 Å². The van der Waals surface area contributed by atoms with E-state index in [1.54, 1.807) is 11.1 Å². The first-order chi connectivity index (χ1) is 17.3. The van der Waals surface area contributed by atoms with E-state index in [-0.39, 0.29) is 0 Å². The van der Waals surface area contributed by atoms with Crippen molar-refractivity contribution < 1.29 is 4.57 Å². The molecule has 0 radical (unpaired) electrons. The zero-order valence-electron chi connectivity index (χ0n) is 24.6. The molecule has 1 aromatic heterocycles. The average molecular weight is 487 g/mol. The van der Waals surface area contributed by atoms with Gasteiger partial charge in [0.15, 0.2) is 12.4 Å². The molecule has 0 amide bonds. The summed E-state index contributed by atoms with van der Waals surface area (Å²) in [6.07, 6.45) is 39.9. The van der Waals surface area contributed by atoms with Crippen LogP contribution in [-0.4, -0.2) is 0 Å². The number of hydrogen-bond donors (Lipinski definition) is 0. The van der Waals surface area contributed by atoms with Gasteiger partial charge in [0.1, 0.15) is 6.54 Å². The van der Waals surface area contributed by atoms with Crippen molar-refractivity contribution in [1.29, 1.82) is 0 Å². The summed E-state index contributed by atoms with van der Waals surface area (Å²) < 4.78 is 2.55. The van der Waals surface area contributed by atoms with Crippen LogP contribution in [0.5, 0.6) is 0 Å². The predicted octanol–water partition coefficient (Wildman–Crippen LogP) is 11.1. The molecule has 0 aliphatic heterocycles. The van der Waals surface area contributed by atoms with Gasteiger partial charge in [0.25, 0.3) is 0 Å². The molecule has 204 valence electrons. The van der Waals surface area contributed by atoms with E-state index >= 15 is 0 Å². The highest BCUT2D eigenvalue weighted by Crippen LogP contribution is 2.15. The van der Waals surface area contributed by atoms with Crippen LogP contribution in [0.1, 0.15) is 180 Å². The molecule has 0 saturated heterocycles. The quantitative estimate of drug-likeness (QED) is 0.0905. The van der Waals surface area contributed by atoms with E-state index in [0.29, 0.717) is 0 Å². The Morgan fingerprint density at radius 3 is 1.09 bits per heavy atom. The lowest BCUT2D eigenvalue weighted by molar-refractivity contribution is -0.698. The second-order valence-corrected chi connectivity index (χ2v) is 11.4. The number of unbranched alkanes of at least 4 members (excludes halogenated alkanes) is 20. The minimum atomic E-state index is 1.21. The highest BCUT2D eigenvalue weighted by Gasteiger charge is 2.08. The molecule has 0 spiro atoms. The third-order valence-electron chi connectivity index (χ3n) is 7.69. The second kappa shape index (κ2) is 24.8. The van der Waals surface area contributed by atoms with Gasteiger partial charge >= 0.3 is 0 Å². The molecule has 0 aliphatic rings. The fourth-order valence-corrected chi connectivity index (χ4v) is 5.36. The number of nitrogens with zero attached hydrogens (tertiary/aromatic N) is 1. The lowest BCUT2D eigenvalue weighted by Gasteiger charge is -2.07. The maximum absolute atomic E-state index is 2.55. The minimum absolute atomic E-state index is 1.21. The fraction of sp³-hybridized carbons (Fsp3) is 0.853. The van der Waals surface area contributed by atoms with Gasteiger partial charge in [0.2, 0.25) is 0 Å². The van der Waals surface area contributed by atoms with Crippen molar-refractivity contribution in [2.75, 3.05) is 0 Å². The predicted molar refractivity (Wildman–Crippen MR) is 157 cm³/mol. The van der Waals surface area contributed by atoms with Gasteiger partial charge < -0.3 is 0 Å². The lowest BCUT2D eigenvalue weighted by atomic mass is 10.0. The summed E-state index contributed by atoms with van der Waals surface area (Å²) in [7, 11) is 0. The summed E-state index contributed by atoms with van der Waals surface area (Å²) in [4.78, 5) is 0. The van der Waals surface area contributed by atoms with Crippen molar-refractivity contribution in [3.8, 4) is 0 Å². The van der Waals surface area contributed by atoms with Gasteiger partial charge in [-0.25, -0.2) is 4.57 Å². The molecule has 0 saturated carbocycles. The molecule has 0 atom stereocenters. The number of aromatic nitrogens is 1. The molecule has 1 heterocycles. The normalized spacial score (nSPS) is 11.4. The molecule has 35 heavy (non-hydrogen) atoms. The van der Waals surface area contributed by atoms with Gasteiger partial charge in [-0.2, -0.15) is 0 Å². The molecule has 0 aromatic carbocycles. The number of pyridine rings is 1. The average Bonchev–Trinajstić information content (AvgIpc) is 2.86. The van der Waals surface area contributed by atoms with E-state index in [1.165, 1.54) is 167 Å². The number of hydrogen-bond acceptors (Lipinski definition) is 0. The zero-order chi connectivity index (χ0) is 25.2. The highest BCUT2D eigenvalue weighted by molar-refractivity contribution is 5.15. The van der Waals surface area contributed by atoms with Crippen LogP contribution < -0.4 is 4.57 Å². The first kappa shape index (κ1) is 32.2. The monoisotopic (exact) mass is 487 g/mol. The standard InChI is InChI=1S/C34H64N/c1-4-7-10-13-16-18-21-24-27-33-30-34(28-25-22-19-17-14-11-8-5-2)32-35(31-33)29-26-23-20-15-12-9-6-3/h30-32H,4-29H2,1-3H3/q+1. The number of rotatable bonds is 26. The zero-order valence-corrected chi connectivity index (χ0v) is 24.6. The molecule has 0 fully saturated rings. The molecule has 0 N–H and O–H groups in total. The van der Waals surface area contributed by atoms with Gasteiger partial charge in [-0.1, -0.05) is 143 Å². The van der Waals surface area contributed by atoms with Crippen molar-refractivity contribution in [2.45, 2.75) is 188 Å². The highest BCUT2D eigenvalue weighted by atomic mass is 14.9. The first-order valence-electron chi connectivity index (χ1n) is 16.3. The maximum atomic E-state index is 2.55. The fourth-order valence-electron chi connectivity index (χ4n) is 5.36. The summed E-state index contributed by atoms with van der Waals surface area (Å²) in [5.74, 6) is 0. The Morgan fingerprint density at radius 2 is 0.714 bits per heavy atom. The Morgan fingerprint density at radius 1 is 0.400 bits per heavy atom. The van der Waals surface area contributed by atoms with Crippen LogP contribution in [0.4, 0.5) is 0 Å². The van der Waals surface area contributed by atoms with Crippen LogP contribution in [0.15, 0.2) is 18.5 Å². The topological polar surface area (TPSA) is 3.88 Å². The van der Waals surface area contributed by atoms with Crippen LogP contribution in [0.25, 0.3) is 0 Å². The summed E-state index contributed by atoms with van der Waals surface area (Å²) in [6, 6.07) is 2.55. The maximum Gasteiger partial charge on any atom is 0.171 e. The Bertz CT molecular complexity index is 525. The molecule has 1 heteroatoms. The summed E-state index contributed by atoms with van der Waals surface area (Å²) in [5.41, 5.74) is 3.19. The van der Waals surface area contributed by atoms with E-state index in [1.807, 2.05) is 0 Å². The molecule has 1 nitrogen and oxygen atoms in total. The molecule has 0 unspecified atom stereocenters. The number of aryl methyl sites for hydroxylation is 3. The van der Waals surface area contributed by atoms with E-state index < -0.39 is 0 Å². The van der Waals surface area contributed by atoms with Crippen LogP contribution in [0.2, 0.25) is 0 Å². The van der Waals surface area contributed by atoms with E-state index in [9.17, 15) is 0 Å². The Balaban J connectivity index is 2.41. The summed E-state index contributed by atoms with van der Waals surface area (Å²) >= 11 is 0. The van der Waals surface area contributed by atoms with Crippen LogP contribution in [0.3, 0.4) is 0 Å². The molecular formula is C34H64N+. The Labute approximate surface area is 221 Å². The summed E-state index contributed by atoms with van der Waals surface area (Å²) in [5, 5.41) is 0. The van der Waals surface area contributed by atoms with Gasteiger partial charge in [0, 0.05) is 17.5 Å². The van der Waals surface area contributed by atoms with Gasteiger partial charge in [0.05, 0.1) is 0 Å².